The average molecular weight is 398 g/mol. The number of anilines is 2. The highest BCUT2D eigenvalue weighted by molar-refractivity contribution is 6.33. The van der Waals surface area contributed by atoms with Gasteiger partial charge in [-0.05, 0) is 49.6 Å². The molecule has 28 heavy (non-hydrogen) atoms. The molecule has 0 radical (unpaired) electrons. The second-order valence-corrected chi connectivity index (χ2v) is 7.25. The molecule has 1 unspecified atom stereocenters. The molecule has 1 N–H and O–H groups in total. The Morgan fingerprint density at radius 1 is 1.21 bits per heavy atom. The summed E-state index contributed by atoms with van der Waals surface area (Å²) in [5, 5.41) is 16.0. The lowest BCUT2D eigenvalue weighted by Gasteiger charge is -2.32. The average Bonchev–Trinajstić information content (AvgIpc) is 3.25. The molecular formula is C19H20ClN7O. The van der Waals surface area contributed by atoms with Crippen molar-refractivity contribution in [3.05, 3.63) is 53.6 Å². The van der Waals surface area contributed by atoms with Gasteiger partial charge in [-0.15, -0.1) is 10.2 Å². The fourth-order valence-corrected chi connectivity index (χ4v) is 3.57. The van der Waals surface area contributed by atoms with Crippen LogP contribution >= 0.6 is 11.6 Å². The number of hydrogen-bond acceptors (Lipinski definition) is 6. The summed E-state index contributed by atoms with van der Waals surface area (Å²) >= 11 is 6.24. The molecule has 1 aliphatic heterocycles. The number of aryl methyl sites for hydroxylation is 1. The molecule has 1 aromatic carbocycles. The number of rotatable bonds is 4. The molecule has 1 aliphatic rings. The molecule has 8 nitrogen and oxygen atoms in total. The first-order valence-corrected chi connectivity index (χ1v) is 9.48. The summed E-state index contributed by atoms with van der Waals surface area (Å²) in [7, 11) is 0. The van der Waals surface area contributed by atoms with Crippen LogP contribution in [0.2, 0.25) is 5.02 Å². The molecule has 4 rings (SSSR count). The highest BCUT2D eigenvalue weighted by Crippen LogP contribution is 2.26. The van der Waals surface area contributed by atoms with Crippen molar-refractivity contribution in [2.45, 2.75) is 19.8 Å². The van der Waals surface area contributed by atoms with Crippen molar-refractivity contribution in [3.8, 4) is 5.82 Å². The lowest BCUT2D eigenvalue weighted by Crippen LogP contribution is -2.41. The SMILES string of the molecule is Cc1ccc(NC(=O)C2CCCN(c3ccc(-n4cncn4)nn3)C2)c(Cl)c1. The van der Waals surface area contributed by atoms with E-state index in [-0.39, 0.29) is 11.8 Å². The van der Waals surface area contributed by atoms with Gasteiger partial charge in [0, 0.05) is 13.1 Å². The summed E-state index contributed by atoms with van der Waals surface area (Å²) in [6.07, 6.45) is 4.76. The van der Waals surface area contributed by atoms with Gasteiger partial charge >= 0.3 is 0 Å². The van der Waals surface area contributed by atoms with Crippen molar-refractivity contribution in [3.63, 3.8) is 0 Å². The minimum Gasteiger partial charge on any atom is -0.354 e. The zero-order valence-electron chi connectivity index (χ0n) is 15.4. The number of nitrogens with zero attached hydrogens (tertiary/aromatic N) is 6. The van der Waals surface area contributed by atoms with Gasteiger partial charge in [0.1, 0.15) is 12.7 Å². The topological polar surface area (TPSA) is 88.8 Å². The van der Waals surface area contributed by atoms with Crippen LogP contribution in [0.15, 0.2) is 43.0 Å². The van der Waals surface area contributed by atoms with E-state index in [1.165, 1.54) is 6.33 Å². The molecule has 9 heteroatoms. The molecule has 3 heterocycles. The molecular weight excluding hydrogens is 378 g/mol. The zero-order chi connectivity index (χ0) is 19.5. The van der Waals surface area contributed by atoms with Gasteiger partial charge in [-0.1, -0.05) is 17.7 Å². The summed E-state index contributed by atoms with van der Waals surface area (Å²) in [5.74, 6) is 1.18. The summed E-state index contributed by atoms with van der Waals surface area (Å²) in [5.41, 5.74) is 1.70. The highest BCUT2D eigenvalue weighted by Gasteiger charge is 2.27. The zero-order valence-corrected chi connectivity index (χ0v) is 16.2. The molecule has 0 aliphatic carbocycles. The first-order valence-electron chi connectivity index (χ1n) is 9.11. The maximum absolute atomic E-state index is 12.7. The molecule has 0 bridgehead atoms. The lowest BCUT2D eigenvalue weighted by molar-refractivity contribution is -0.120. The number of piperidine rings is 1. The van der Waals surface area contributed by atoms with Gasteiger partial charge in [-0.2, -0.15) is 5.10 Å². The quantitative estimate of drug-likeness (QED) is 0.728. The van der Waals surface area contributed by atoms with Crippen LogP contribution in [0.5, 0.6) is 0 Å². The number of carbonyl (C=O) groups is 1. The molecule has 0 saturated carbocycles. The van der Waals surface area contributed by atoms with Crippen molar-refractivity contribution in [2.24, 2.45) is 5.92 Å². The number of halogens is 1. The Morgan fingerprint density at radius 3 is 2.75 bits per heavy atom. The highest BCUT2D eigenvalue weighted by atomic mass is 35.5. The second kappa shape index (κ2) is 7.93. The summed E-state index contributed by atoms with van der Waals surface area (Å²) in [4.78, 5) is 18.7. The number of carbonyl (C=O) groups excluding carboxylic acids is 1. The van der Waals surface area contributed by atoms with Crippen molar-refractivity contribution < 1.29 is 4.79 Å². The molecule has 0 spiro atoms. The fraction of sp³-hybridized carbons (Fsp3) is 0.316. The van der Waals surface area contributed by atoms with Gasteiger partial charge in [0.15, 0.2) is 11.6 Å². The van der Waals surface area contributed by atoms with Gasteiger partial charge in [0.2, 0.25) is 5.91 Å². The van der Waals surface area contributed by atoms with Gasteiger partial charge in [0.25, 0.3) is 0 Å². The summed E-state index contributed by atoms with van der Waals surface area (Å²) < 4.78 is 1.55. The van der Waals surface area contributed by atoms with E-state index in [4.69, 9.17) is 11.6 Å². The third kappa shape index (κ3) is 3.96. The maximum Gasteiger partial charge on any atom is 0.229 e. The van der Waals surface area contributed by atoms with E-state index < -0.39 is 0 Å². The van der Waals surface area contributed by atoms with E-state index >= 15 is 0 Å². The van der Waals surface area contributed by atoms with Crippen LogP contribution in [0.1, 0.15) is 18.4 Å². The third-order valence-electron chi connectivity index (χ3n) is 4.79. The van der Waals surface area contributed by atoms with Crippen LogP contribution in [0.3, 0.4) is 0 Å². The van der Waals surface area contributed by atoms with Crippen LogP contribution in [-0.4, -0.2) is 44.0 Å². The molecule has 1 saturated heterocycles. The smallest absolute Gasteiger partial charge is 0.229 e. The summed E-state index contributed by atoms with van der Waals surface area (Å²) in [6, 6.07) is 9.34. The number of benzene rings is 1. The van der Waals surface area contributed by atoms with Gasteiger partial charge in [-0.25, -0.2) is 9.67 Å². The first kappa shape index (κ1) is 18.4. The minimum atomic E-state index is -0.136. The van der Waals surface area contributed by atoms with Crippen molar-refractivity contribution >= 4 is 29.0 Å². The number of hydrogen-bond donors (Lipinski definition) is 1. The molecule has 1 fully saturated rings. The number of aromatic nitrogens is 5. The van der Waals surface area contributed by atoms with E-state index in [2.05, 4.69) is 30.5 Å². The molecule has 144 valence electrons. The summed E-state index contributed by atoms with van der Waals surface area (Å²) in [6.45, 7) is 3.39. The van der Waals surface area contributed by atoms with E-state index in [0.29, 0.717) is 23.1 Å². The Bertz CT molecular complexity index is 959. The Kier molecular flexibility index (Phi) is 5.21. The standard InChI is InChI=1S/C19H20ClN7O/c1-13-4-5-16(15(20)9-13)23-19(28)14-3-2-8-26(10-14)17-6-7-18(25-24-17)27-12-21-11-22-27/h4-7,9,11-12,14H,2-3,8,10H2,1H3,(H,23,28). The minimum absolute atomic E-state index is 0.0253. The molecule has 3 aromatic rings. The van der Waals surface area contributed by atoms with Gasteiger partial charge < -0.3 is 10.2 Å². The predicted octanol–water partition coefficient (Wildman–Crippen LogP) is 2.87. The largest absolute Gasteiger partial charge is 0.354 e. The van der Waals surface area contributed by atoms with Crippen molar-refractivity contribution in [1.29, 1.82) is 0 Å². The lowest BCUT2D eigenvalue weighted by atomic mass is 9.97. The fourth-order valence-electron chi connectivity index (χ4n) is 3.29. The maximum atomic E-state index is 12.7. The third-order valence-corrected chi connectivity index (χ3v) is 5.10. The normalized spacial score (nSPS) is 16.8. The Balaban J connectivity index is 1.43. The Hall–Kier alpha value is -3.00. The monoisotopic (exact) mass is 397 g/mol. The van der Waals surface area contributed by atoms with E-state index in [1.807, 2.05) is 37.3 Å². The Labute approximate surface area is 167 Å². The number of nitrogens with one attached hydrogen (secondary N) is 1. The van der Waals surface area contributed by atoms with Crippen molar-refractivity contribution in [2.75, 3.05) is 23.3 Å². The van der Waals surface area contributed by atoms with E-state index in [0.717, 1.165) is 30.8 Å². The number of amides is 1. The van der Waals surface area contributed by atoms with Gasteiger partial charge in [-0.3, -0.25) is 4.79 Å². The Morgan fingerprint density at radius 2 is 2.04 bits per heavy atom. The van der Waals surface area contributed by atoms with Crippen LogP contribution in [0, 0.1) is 12.8 Å². The molecule has 1 atom stereocenters. The van der Waals surface area contributed by atoms with Crippen LogP contribution in [0.4, 0.5) is 11.5 Å². The molecule has 1 amide bonds. The van der Waals surface area contributed by atoms with Crippen molar-refractivity contribution in [1.82, 2.24) is 25.0 Å². The van der Waals surface area contributed by atoms with Crippen LogP contribution in [0.25, 0.3) is 5.82 Å². The van der Waals surface area contributed by atoms with Gasteiger partial charge in [0.05, 0.1) is 16.6 Å². The molecule has 2 aromatic heterocycles. The van der Waals surface area contributed by atoms with Crippen LogP contribution < -0.4 is 10.2 Å². The predicted molar refractivity (Wildman–Crippen MR) is 107 cm³/mol. The van der Waals surface area contributed by atoms with E-state index in [9.17, 15) is 4.79 Å². The second-order valence-electron chi connectivity index (χ2n) is 6.85. The van der Waals surface area contributed by atoms with Crippen LogP contribution in [-0.2, 0) is 4.79 Å². The first-order chi connectivity index (χ1) is 13.6. The van der Waals surface area contributed by atoms with E-state index in [1.54, 1.807) is 11.0 Å².